The molecular formula is C15H21F3N2O. The molecule has 0 radical (unpaired) electrons. The smallest absolute Gasteiger partial charge is 0.381 e. The molecule has 1 aromatic rings. The lowest BCUT2D eigenvalue weighted by Gasteiger charge is -2.33. The quantitative estimate of drug-likeness (QED) is 0.925. The predicted molar refractivity (Wildman–Crippen MR) is 76.5 cm³/mol. The van der Waals surface area contributed by atoms with E-state index in [0.29, 0.717) is 18.9 Å². The maximum absolute atomic E-state index is 13.2. The molecule has 2 rings (SSSR count). The summed E-state index contributed by atoms with van der Waals surface area (Å²) in [6.45, 7) is 1.54. The molecule has 1 aliphatic heterocycles. The first-order valence-corrected chi connectivity index (χ1v) is 7.08. The van der Waals surface area contributed by atoms with Gasteiger partial charge in [-0.2, -0.15) is 13.2 Å². The van der Waals surface area contributed by atoms with Crippen molar-refractivity contribution >= 4 is 5.69 Å². The summed E-state index contributed by atoms with van der Waals surface area (Å²) in [6.07, 6.45) is -2.65. The van der Waals surface area contributed by atoms with E-state index in [0.717, 1.165) is 12.8 Å². The Morgan fingerprint density at radius 3 is 2.52 bits per heavy atom. The average molecular weight is 302 g/mol. The molecule has 0 aromatic heterocycles. The third-order valence-corrected chi connectivity index (χ3v) is 3.91. The van der Waals surface area contributed by atoms with Crippen molar-refractivity contribution in [2.45, 2.75) is 31.6 Å². The summed E-state index contributed by atoms with van der Waals surface area (Å²) >= 11 is 0. The third kappa shape index (κ3) is 3.89. The second kappa shape index (κ2) is 6.66. The molecule has 3 nitrogen and oxygen atoms in total. The van der Waals surface area contributed by atoms with Gasteiger partial charge in [0.1, 0.15) is 0 Å². The maximum atomic E-state index is 13.2. The van der Waals surface area contributed by atoms with Gasteiger partial charge in [-0.15, -0.1) is 0 Å². The number of hydrogen-bond donors (Lipinski definition) is 1. The molecule has 1 N–H and O–H groups in total. The molecule has 0 unspecified atom stereocenters. The summed E-state index contributed by atoms with van der Waals surface area (Å²) in [7, 11) is 3.49. The fraction of sp³-hybridized carbons (Fsp3) is 0.600. The number of alkyl halides is 3. The summed E-state index contributed by atoms with van der Waals surface area (Å²) in [5, 5.41) is 2.78. The summed E-state index contributed by atoms with van der Waals surface area (Å²) < 4.78 is 44.9. The summed E-state index contributed by atoms with van der Waals surface area (Å²) in [5.41, 5.74) is 0.316. The number of hydrogen-bond acceptors (Lipinski definition) is 3. The van der Waals surface area contributed by atoms with Gasteiger partial charge < -0.3 is 15.0 Å². The highest BCUT2D eigenvalue weighted by atomic mass is 19.4. The van der Waals surface area contributed by atoms with Crippen LogP contribution in [0.1, 0.15) is 24.0 Å². The van der Waals surface area contributed by atoms with Gasteiger partial charge in [-0.3, -0.25) is 0 Å². The Kier molecular flexibility index (Phi) is 5.11. The number of anilines is 1. The van der Waals surface area contributed by atoms with E-state index in [-0.39, 0.29) is 18.2 Å². The van der Waals surface area contributed by atoms with Crippen molar-refractivity contribution in [1.29, 1.82) is 0 Å². The van der Waals surface area contributed by atoms with Crippen LogP contribution in [-0.4, -0.2) is 33.4 Å². The van der Waals surface area contributed by atoms with Gasteiger partial charge in [-0.25, -0.2) is 0 Å². The van der Waals surface area contributed by atoms with Gasteiger partial charge >= 0.3 is 6.18 Å². The molecule has 0 aliphatic carbocycles. The largest absolute Gasteiger partial charge is 0.416 e. The molecule has 0 atom stereocenters. The van der Waals surface area contributed by atoms with Crippen LogP contribution in [0.5, 0.6) is 0 Å². The zero-order valence-corrected chi connectivity index (χ0v) is 12.3. The molecule has 1 aromatic carbocycles. The molecule has 1 saturated heterocycles. The Labute approximate surface area is 123 Å². The van der Waals surface area contributed by atoms with Crippen LogP contribution < -0.4 is 10.2 Å². The minimum Gasteiger partial charge on any atom is -0.381 e. The first kappa shape index (κ1) is 16.1. The van der Waals surface area contributed by atoms with E-state index in [1.54, 1.807) is 19.2 Å². The van der Waals surface area contributed by atoms with Gasteiger partial charge in [0.25, 0.3) is 0 Å². The van der Waals surface area contributed by atoms with E-state index in [1.165, 1.54) is 6.07 Å². The highest BCUT2D eigenvalue weighted by Gasteiger charge is 2.34. The van der Waals surface area contributed by atoms with Crippen molar-refractivity contribution in [3.63, 3.8) is 0 Å². The summed E-state index contributed by atoms with van der Waals surface area (Å²) in [6, 6.07) is 4.80. The number of rotatable bonds is 4. The molecule has 0 spiro atoms. The monoisotopic (exact) mass is 302 g/mol. The molecule has 118 valence electrons. The zero-order chi connectivity index (χ0) is 15.5. The van der Waals surface area contributed by atoms with Crippen LogP contribution in [0.15, 0.2) is 18.2 Å². The summed E-state index contributed by atoms with van der Waals surface area (Å²) in [5.74, 6) is 0. The second-order valence-electron chi connectivity index (χ2n) is 5.32. The Morgan fingerprint density at radius 1 is 1.29 bits per heavy atom. The lowest BCUT2D eigenvalue weighted by atomic mass is 10.0. The number of nitrogens with one attached hydrogen (secondary N) is 1. The van der Waals surface area contributed by atoms with Crippen molar-refractivity contribution in [2.75, 3.05) is 32.2 Å². The number of halogens is 3. The number of benzene rings is 1. The minimum atomic E-state index is -4.33. The van der Waals surface area contributed by atoms with Crippen LogP contribution in [0.4, 0.5) is 18.9 Å². The van der Waals surface area contributed by atoms with Gasteiger partial charge in [0.2, 0.25) is 0 Å². The van der Waals surface area contributed by atoms with Crippen LogP contribution in [0.2, 0.25) is 0 Å². The normalized spacial score (nSPS) is 17.0. The van der Waals surface area contributed by atoms with E-state index >= 15 is 0 Å². The number of ether oxygens (including phenoxy) is 1. The van der Waals surface area contributed by atoms with Crippen LogP contribution in [-0.2, 0) is 17.5 Å². The third-order valence-electron chi connectivity index (χ3n) is 3.91. The second-order valence-corrected chi connectivity index (χ2v) is 5.32. The van der Waals surface area contributed by atoms with Crippen molar-refractivity contribution < 1.29 is 17.9 Å². The summed E-state index contributed by atoms with van der Waals surface area (Å²) in [4.78, 5) is 1.93. The van der Waals surface area contributed by atoms with Crippen LogP contribution in [0, 0.1) is 0 Å². The van der Waals surface area contributed by atoms with Gasteiger partial charge in [0.05, 0.1) is 5.56 Å². The lowest BCUT2D eigenvalue weighted by Crippen LogP contribution is -2.36. The molecule has 0 saturated carbocycles. The van der Waals surface area contributed by atoms with Crippen molar-refractivity contribution in [3.05, 3.63) is 29.3 Å². The van der Waals surface area contributed by atoms with Crippen molar-refractivity contribution in [3.8, 4) is 0 Å². The standard InChI is InChI=1S/C15H21F3N2O/c1-19-10-11-3-4-13(9-14(11)15(16,17)18)20(2)12-5-7-21-8-6-12/h3-4,9,12,19H,5-8,10H2,1-2H3. The van der Waals surface area contributed by atoms with E-state index < -0.39 is 11.7 Å². The topological polar surface area (TPSA) is 24.5 Å². The molecule has 6 heteroatoms. The van der Waals surface area contributed by atoms with E-state index in [4.69, 9.17) is 4.74 Å². The highest BCUT2D eigenvalue weighted by molar-refractivity contribution is 5.52. The van der Waals surface area contributed by atoms with Gasteiger partial charge in [-0.1, -0.05) is 6.07 Å². The molecule has 1 aliphatic rings. The molecule has 1 heterocycles. The Morgan fingerprint density at radius 2 is 1.95 bits per heavy atom. The number of nitrogens with zero attached hydrogens (tertiary/aromatic N) is 1. The Balaban J connectivity index is 2.27. The van der Waals surface area contributed by atoms with Gasteiger partial charge in [-0.05, 0) is 37.6 Å². The van der Waals surface area contributed by atoms with Gasteiger partial charge in [0, 0.05) is 38.5 Å². The van der Waals surface area contributed by atoms with E-state index in [1.807, 2.05) is 11.9 Å². The lowest BCUT2D eigenvalue weighted by molar-refractivity contribution is -0.138. The van der Waals surface area contributed by atoms with Crippen LogP contribution in [0.25, 0.3) is 0 Å². The fourth-order valence-corrected chi connectivity index (χ4v) is 2.68. The van der Waals surface area contributed by atoms with Crippen LogP contribution in [0.3, 0.4) is 0 Å². The maximum Gasteiger partial charge on any atom is 0.416 e. The van der Waals surface area contributed by atoms with E-state index in [2.05, 4.69) is 5.32 Å². The van der Waals surface area contributed by atoms with Gasteiger partial charge in [0.15, 0.2) is 0 Å². The predicted octanol–water partition coefficient (Wildman–Crippen LogP) is 3.04. The fourth-order valence-electron chi connectivity index (χ4n) is 2.68. The van der Waals surface area contributed by atoms with Crippen molar-refractivity contribution in [1.82, 2.24) is 5.32 Å². The Bertz CT molecular complexity index is 470. The molecule has 0 bridgehead atoms. The molecule has 21 heavy (non-hydrogen) atoms. The SMILES string of the molecule is CNCc1ccc(N(C)C2CCOCC2)cc1C(F)(F)F. The zero-order valence-electron chi connectivity index (χ0n) is 12.3. The molecular weight excluding hydrogens is 281 g/mol. The minimum absolute atomic E-state index is 0.204. The molecule has 0 amide bonds. The van der Waals surface area contributed by atoms with E-state index in [9.17, 15) is 13.2 Å². The van der Waals surface area contributed by atoms with Crippen molar-refractivity contribution in [2.24, 2.45) is 0 Å². The Hall–Kier alpha value is -1.27. The first-order chi connectivity index (χ1) is 9.93. The van der Waals surface area contributed by atoms with Crippen LogP contribution >= 0.6 is 0 Å². The highest BCUT2D eigenvalue weighted by Crippen LogP contribution is 2.35. The average Bonchev–Trinajstić information content (AvgIpc) is 2.47. The first-order valence-electron chi connectivity index (χ1n) is 7.08. The molecule has 1 fully saturated rings.